The van der Waals surface area contributed by atoms with Gasteiger partial charge in [-0.1, -0.05) is 12.2 Å². The van der Waals surface area contributed by atoms with Crippen LogP contribution in [0.15, 0.2) is 25.3 Å². The van der Waals surface area contributed by atoms with Gasteiger partial charge in [-0.05, 0) is 26.2 Å². The number of hydrogen-bond donors (Lipinski definition) is 0. The molecule has 0 N–H and O–H groups in total. The molecule has 15 heavy (non-hydrogen) atoms. The van der Waals surface area contributed by atoms with Crippen molar-refractivity contribution < 1.29 is 9.53 Å². The molecule has 1 aliphatic heterocycles. The van der Waals surface area contributed by atoms with E-state index in [2.05, 4.69) is 13.2 Å². The molecule has 0 aromatic carbocycles. The summed E-state index contributed by atoms with van der Waals surface area (Å²) in [5.74, 6) is 0. The summed E-state index contributed by atoms with van der Waals surface area (Å²) in [6, 6.07) is 0.153. The van der Waals surface area contributed by atoms with E-state index in [0.29, 0.717) is 0 Å². The van der Waals surface area contributed by atoms with Gasteiger partial charge in [-0.2, -0.15) is 0 Å². The highest BCUT2D eigenvalue weighted by Crippen LogP contribution is 2.22. The van der Waals surface area contributed by atoms with Gasteiger partial charge in [0.15, 0.2) is 0 Å². The molecular weight excluding hydrogens is 190 g/mol. The quantitative estimate of drug-likeness (QED) is 0.497. The molecule has 1 amide bonds. The Bertz CT molecular complexity index is 250. The minimum Gasteiger partial charge on any atom is -0.444 e. The van der Waals surface area contributed by atoms with Crippen LogP contribution >= 0.6 is 0 Å². The van der Waals surface area contributed by atoms with Gasteiger partial charge in [0.1, 0.15) is 6.10 Å². The van der Waals surface area contributed by atoms with Gasteiger partial charge in [-0.3, -0.25) is 0 Å². The molecule has 0 aliphatic carbocycles. The second-order valence-corrected chi connectivity index (χ2v) is 3.80. The van der Waals surface area contributed by atoms with Crippen molar-refractivity contribution in [1.29, 1.82) is 0 Å². The fourth-order valence-electron chi connectivity index (χ4n) is 1.85. The van der Waals surface area contributed by atoms with E-state index in [-0.39, 0.29) is 18.2 Å². The summed E-state index contributed by atoms with van der Waals surface area (Å²) < 4.78 is 5.18. The molecule has 1 saturated heterocycles. The molecule has 1 aliphatic rings. The third kappa shape index (κ3) is 2.85. The lowest BCUT2D eigenvalue weighted by Gasteiger charge is -2.21. The van der Waals surface area contributed by atoms with Crippen LogP contribution in [0.3, 0.4) is 0 Å². The lowest BCUT2D eigenvalue weighted by atomic mass is 10.1. The Kier molecular flexibility index (Phi) is 4.40. The highest BCUT2D eigenvalue weighted by molar-refractivity contribution is 5.70. The van der Waals surface area contributed by atoms with Crippen LogP contribution in [0, 0.1) is 0 Å². The number of unbranched alkanes of at least 4 members (excludes halogenated alkanes) is 1. The molecule has 0 aromatic heterocycles. The lowest BCUT2D eigenvalue weighted by molar-refractivity contribution is 0.137. The Morgan fingerprint density at radius 1 is 1.47 bits per heavy atom. The highest BCUT2D eigenvalue weighted by atomic mass is 16.6. The number of ether oxygens (including phenoxy) is 1. The number of allylic oxidation sites excluding steroid dienone is 1. The third-order valence-electron chi connectivity index (χ3n) is 2.68. The van der Waals surface area contributed by atoms with Crippen molar-refractivity contribution in [3.63, 3.8) is 0 Å². The fourth-order valence-corrected chi connectivity index (χ4v) is 1.85. The number of amides is 1. The first-order chi connectivity index (χ1) is 7.20. The summed E-state index contributed by atoms with van der Waals surface area (Å²) in [7, 11) is 0. The Morgan fingerprint density at radius 2 is 2.20 bits per heavy atom. The van der Waals surface area contributed by atoms with Gasteiger partial charge in [0.25, 0.3) is 0 Å². The van der Waals surface area contributed by atoms with E-state index in [0.717, 1.165) is 25.8 Å². The monoisotopic (exact) mass is 209 g/mol. The maximum absolute atomic E-state index is 11.5. The van der Waals surface area contributed by atoms with E-state index >= 15 is 0 Å². The second kappa shape index (κ2) is 5.59. The van der Waals surface area contributed by atoms with Crippen molar-refractivity contribution >= 4 is 6.09 Å². The van der Waals surface area contributed by atoms with E-state index in [1.54, 1.807) is 4.90 Å². The van der Waals surface area contributed by atoms with Crippen LogP contribution in [0.2, 0.25) is 0 Å². The molecule has 0 saturated carbocycles. The van der Waals surface area contributed by atoms with Crippen LogP contribution in [0.4, 0.5) is 4.79 Å². The largest absolute Gasteiger partial charge is 0.444 e. The van der Waals surface area contributed by atoms with Gasteiger partial charge >= 0.3 is 6.09 Å². The van der Waals surface area contributed by atoms with Gasteiger partial charge in [0, 0.05) is 6.54 Å². The molecule has 0 spiro atoms. The smallest absolute Gasteiger partial charge is 0.410 e. The van der Waals surface area contributed by atoms with Crippen LogP contribution in [0.1, 0.15) is 26.2 Å². The number of hydrogen-bond acceptors (Lipinski definition) is 2. The van der Waals surface area contributed by atoms with Gasteiger partial charge in [-0.25, -0.2) is 4.79 Å². The summed E-state index contributed by atoms with van der Waals surface area (Å²) in [4.78, 5) is 13.3. The van der Waals surface area contributed by atoms with Crippen LogP contribution in [-0.4, -0.2) is 29.7 Å². The normalized spacial score (nSPS) is 25.1. The minimum absolute atomic E-state index is 0.0285. The topological polar surface area (TPSA) is 29.5 Å². The van der Waals surface area contributed by atoms with E-state index in [4.69, 9.17) is 4.74 Å². The Morgan fingerprint density at radius 3 is 2.80 bits per heavy atom. The van der Waals surface area contributed by atoms with Crippen molar-refractivity contribution in [3.8, 4) is 0 Å². The SMILES string of the molecule is C=CCCCN1C(=O)OC(C)C1CC=C. The van der Waals surface area contributed by atoms with Crippen molar-refractivity contribution in [2.75, 3.05) is 6.54 Å². The van der Waals surface area contributed by atoms with Crippen molar-refractivity contribution in [3.05, 3.63) is 25.3 Å². The van der Waals surface area contributed by atoms with Crippen LogP contribution in [0.25, 0.3) is 0 Å². The minimum atomic E-state index is -0.196. The highest BCUT2D eigenvalue weighted by Gasteiger charge is 2.37. The number of cyclic esters (lactones) is 1. The van der Waals surface area contributed by atoms with E-state index in [1.807, 2.05) is 19.1 Å². The number of carbonyl (C=O) groups is 1. The first kappa shape index (κ1) is 11.8. The van der Waals surface area contributed by atoms with Gasteiger partial charge in [-0.15, -0.1) is 13.2 Å². The molecule has 3 heteroatoms. The summed E-state index contributed by atoms with van der Waals surface area (Å²) in [6.45, 7) is 10.0. The molecule has 0 bridgehead atoms. The molecule has 1 heterocycles. The zero-order valence-electron chi connectivity index (χ0n) is 9.32. The van der Waals surface area contributed by atoms with Crippen molar-refractivity contribution in [1.82, 2.24) is 4.90 Å². The number of carbonyl (C=O) groups excluding carboxylic acids is 1. The predicted octanol–water partition coefficient (Wildman–Crippen LogP) is 2.74. The molecule has 84 valence electrons. The van der Waals surface area contributed by atoms with Crippen LogP contribution in [-0.2, 0) is 4.74 Å². The van der Waals surface area contributed by atoms with E-state index in [1.165, 1.54) is 0 Å². The molecule has 2 unspecified atom stereocenters. The van der Waals surface area contributed by atoms with Crippen LogP contribution in [0.5, 0.6) is 0 Å². The third-order valence-corrected chi connectivity index (χ3v) is 2.68. The molecule has 0 aromatic rings. The maximum atomic E-state index is 11.5. The maximum Gasteiger partial charge on any atom is 0.410 e. The Balaban J connectivity index is 2.53. The molecule has 1 rings (SSSR count). The van der Waals surface area contributed by atoms with E-state index in [9.17, 15) is 4.79 Å². The number of rotatable bonds is 6. The molecular formula is C12H19NO2. The fraction of sp³-hybridized carbons (Fsp3) is 0.583. The van der Waals surface area contributed by atoms with E-state index < -0.39 is 0 Å². The zero-order chi connectivity index (χ0) is 11.3. The van der Waals surface area contributed by atoms with Gasteiger partial charge in [0.2, 0.25) is 0 Å². The van der Waals surface area contributed by atoms with Crippen molar-refractivity contribution in [2.24, 2.45) is 0 Å². The summed E-state index contributed by atoms with van der Waals surface area (Å²) in [5.41, 5.74) is 0. The molecule has 0 radical (unpaired) electrons. The average molecular weight is 209 g/mol. The summed E-state index contributed by atoms with van der Waals surface area (Å²) in [6.07, 6.45) is 6.15. The second-order valence-electron chi connectivity index (χ2n) is 3.80. The number of nitrogens with zero attached hydrogens (tertiary/aromatic N) is 1. The predicted molar refractivity (Wildman–Crippen MR) is 60.7 cm³/mol. The van der Waals surface area contributed by atoms with Gasteiger partial charge < -0.3 is 9.64 Å². The van der Waals surface area contributed by atoms with Gasteiger partial charge in [0.05, 0.1) is 6.04 Å². The summed E-state index contributed by atoms with van der Waals surface area (Å²) in [5, 5.41) is 0. The van der Waals surface area contributed by atoms with Crippen LogP contribution < -0.4 is 0 Å². The molecule has 3 nitrogen and oxygen atoms in total. The van der Waals surface area contributed by atoms with Crippen molar-refractivity contribution in [2.45, 2.75) is 38.3 Å². The first-order valence-corrected chi connectivity index (χ1v) is 5.39. The molecule has 1 fully saturated rings. The molecule has 2 atom stereocenters. The summed E-state index contributed by atoms with van der Waals surface area (Å²) >= 11 is 0. The average Bonchev–Trinajstić information content (AvgIpc) is 2.45. The first-order valence-electron chi connectivity index (χ1n) is 5.39. The zero-order valence-corrected chi connectivity index (χ0v) is 9.32. The lowest BCUT2D eigenvalue weighted by Crippen LogP contribution is -2.36. The Hall–Kier alpha value is -1.25. The standard InChI is InChI=1S/C12H19NO2/c1-4-6-7-9-13-11(8-5-2)10(3)15-12(13)14/h4-5,10-11H,1-2,6-9H2,3H3. The Labute approximate surface area is 91.4 Å².